The number of aliphatic carboxylic acids is 1. The van der Waals surface area contributed by atoms with Crippen LogP contribution in [0.1, 0.15) is 25.5 Å². The van der Waals surface area contributed by atoms with Crippen molar-refractivity contribution >= 4 is 45.3 Å². The average molecular weight is 390 g/mol. The van der Waals surface area contributed by atoms with Crippen LogP contribution in [-0.2, 0) is 4.79 Å². The molecule has 2 aromatic rings. The zero-order valence-corrected chi connectivity index (χ0v) is 14.7. The fraction of sp³-hybridized carbons (Fsp3) is 0.286. The van der Waals surface area contributed by atoms with Crippen LogP contribution in [0.4, 0.5) is 0 Å². The molecule has 7 heteroatoms. The van der Waals surface area contributed by atoms with E-state index in [1.54, 1.807) is 12.3 Å². The van der Waals surface area contributed by atoms with Crippen molar-refractivity contribution in [3.63, 3.8) is 0 Å². The molecule has 0 aliphatic heterocycles. The number of hydrogen-bond donors (Lipinski definition) is 1. The number of carbonyl (C=O) groups is 1. The third-order valence-electron chi connectivity index (χ3n) is 2.82. The molecular weight excluding hydrogens is 376 g/mol. The van der Waals surface area contributed by atoms with Gasteiger partial charge in [-0.05, 0) is 40.0 Å². The van der Waals surface area contributed by atoms with Crippen LogP contribution in [0.2, 0.25) is 5.02 Å². The highest BCUT2D eigenvalue weighted by Gasteiger charge is 2.17. The van der Waals surface area contributed by atoms with Crippen molar-refractivity contribution in [2.45, 2.75) is 24.9 Å². The molecule has 0 spiro atoms. The number of nitrogens with zero attached hydrogens (tertiary/aromatic N) is 2. The van der Waals surface area contributed by atoms with Crippen LogP contribution in [0, 0.1) is 0 Å². The molecule has 1 aromatic carbocycles. The van der Waals surface area contributed by atoms with Crippen molar-refractivity contribution in [2.24, 2.45) is 0 Å². The van der Waals surface area contributed by atoms with Gasteiger partial charge in [-0.2, -0.15) is 0 Å². The third kappa shape index (κ3) is 3.81. The Bertz CT molecular complexity index is 673. The molecule has 0 amide bonds. The second kappa shape index (κ2) is 6.85. The molecule has 4 nitrogen and oxygen atoms in total. The first-order chi connectivity index (χ1) is 9.90. The Hall–Kier alpha value is -0.980. The molecule has 21 heavy (non-hydrogen) atoms. The first kappa shape index (κ1) is 16.4. The van der Waals surface area contributed by atoms with Gasteiger partial charge in [-0.25, -0.2) is 4.98 Å². The van der Waals surface area contributed by atoms with Crippen LogP contribution in [0.5, 0.6) is 0 Å². The fourth-order valence-electron chi connectivity index (χ4n) is 1.89. The summed E-state index contributed by atoms with van der Waals surface area (Å²) in [4.78, 5) is 15.1. The number of carboxylic acids is 1. The fourth-order valence-corrected chi connectivity index (χ4v) is 3.46. The number of benzene rings is 1. The number of aromatic nitrogens is 2. The summed E-state index contributed by atoms with van der Waals surface area (Å²) in [6.45, 7) is 4.14. The first-order valence-electron chi connectivity index (χ1n) is 6.27. The van der Waals surface area contributed by atoms with Crippen molar-refractivity contribution in [3.05, 3.63) is 39.6 Å². The van der Waals surface area contributed by atoms with Gasteiger partial charge >= 0.3 is 5.97 Å². The Balaban J connectivity index is 2.52. The highest BCUT2D eigenvalue weighted by molar-refractivity contribution is 9.10. The smallest absolute Gasteiger partial charge is 0.313 e. The van der Waals surface area contributed by atoms with Gasteiger partial charge in [0.05, 0.1) is 17.6 Å². The summed E-state index contributed by atoms with van der Waals surface area (Å²) >= 11 is 10.7. The number of thioether (sulfide) groups is 1. The van der Waals surface area contributed by atoms with E-state index in [0.29, 0.717) is 10.2 Å². The van der Waals surface area contributed by atoms with Gasteiger partial charge < -0.3 is 5.11 Å². The van der Waals surface area contributed by atoms with Gasteiger partial charge in [-0.15, -0.1) is 0 Å². The Morgan fingerprint density at radius 1 is 1.52 bits per heavy atom. The lowest BCUT2D eigenvalue weighted by Gasteiger charge is -2.15. The van der Waals surface area contributed by atoms with Crippen molar-refractivity contribution < 1.29 is 9.90 Å². The standard InChI is InChI=1S/C14H14BrClN2O2S/c1-8(2)12-6-17-14(21-7-13(19)20)18(12)11-4-3-9(16)5-10(11)15/h3-6,8H,7H2,1-2H3,(H,19,20). The molecule has 0 saturated carbocycles. The molecule has 0 aliphatic rings. The molecule has 1 heterocycles. The lowest BCUT2D eigenvalue weighted by atomic mass is 10.1. The molecule has 112 valence electrons. The number of hydrogen-bond acceptors (Lipinski definition) is 3. The van der Waals surface area contributed by atoms with E-state index in [9.17, 15) is 4.79 Å². The number of carboxylic acid groups (broad SMARTS) is 1. The highest BCUT2D eigenvalue weighted by atomic mass is 79.9. The van der Waals surface area contributed by atoms with Crippen LogP contribution in [0.25, 0.3) is 5.69 Å². The van der Waals surface area contributed by atoms with E-state index in [2.05, 4.69) is 34.8 Å². The predicted octanol–water partition coefficient (Wildman–Crippen LogP) is 4.59. The van der Waals surface area contributed by atoms with E-state index in [0.717, 1.165) is 15.9 Å². The van der Waals surface area contributed by atoms with E-state index >= 15 is 0 Å². The Labute approximate surface area is 140 Å². The lowest BCUT2D eigenvalue weighted by Crippen LogP contribution is -2.06. The number of rotatable bonds is 5. The van der Waals surface area contributed by atoms with Gasteiger partial charge in [0, 0.05) is 15.2 Å². The Morgan fingerprint density at radius 2 is 2.24 bits per heavy atom. The van der Waals surface area contributed by atoms with Crippen molar-refractivity contribution in [1.82, 2.24) is 9.55 Å². The molecule has 2 rings (SSSR count). The Kier molecular flexibility index (Phi) is 5.35. The minimum absolute atomic E-state index is 0.0280. The van der Waals surface area contributed by atoms with Gasteiger partial charge in [-0.3, -0.25) is 9.36 Å². The van der Waals surface area contributed by atoms with E-state index in [1.165, 1.54) is 11.8 Å². The quantitative estimate of drug-likeness (QED) is 0.760. The predicted molar refractivity (Wildman–Crippen MR) is 88.7 cm³/mol. The van der Waals surface area contributed by atoms with Gasteiger partial charge in [0.1, 0.15) is 0 Å². The zero-order valence-electron chi connectivity index (χ0n) is 11.5. The maximum Gasteiger partial charge on any atom is 0.313 e. The highest BCUT2D eigenvalue weighted by Crippen LogP contribution is 2.32. The third-order valence-corrected chi connectivity index (χ3v) is 4.63. The maximum atomic E-state index is 10.8. The second-order valence-electron chi connectivity index (χ2n) is 4.73. The van der Waals surface area contributed by atoms with Gasteiger partial charge in [0.2, 0.25) is 0 Å². The normalized spacial score (nSPS) is 11.1. The zero-order chi connectivity index (χ0) is 15.6. The summed E-state index contributed by atoms with van der Waals surface area (Å²) < 4.78 is 2.81. The minimum atomic E-state index is -0.865. The molecule has 0 bridgehead atoms. The number of imidazole rings is 1. The summed E-state index contributed by atoms with van der Waals surface area (Å²) in [6.07, 6.45) is 1.79. The Morgan fingerprint density at radius 3 is 2.81 bits per heavy atom. The molecule has 0 radical (unpaired) electrons. The van der Waals surface area contributed by atoms with Crippen LogP contribution in [0.15, 0.2) is 34.0 Å². The molecule has 0 aliphatic carbocycles. The SMILES string of the molecule is CC(C)c1cnc(SCC(=O)O)n1-c1ccc(Cl)cc1Br. The van der Waals surface area contributed by atoms with Crippen molar-refractivity contribution in [1.29, 1.82) is 0 Å². The first-order valence-corrected chi connectivity index (χ1v) is 8.43. The molecule has 0 unspecified atom stereocenters. The summed E-state index contributed by atoms with van der Waals surface area (Å²) in [6, 6.07) is 5.51. The summed E-state index contributed by atoms with van der Waals surface area (Å²) in [5.41, 5.74) is 1.92. The van der Waals surface area contributed by atoms with Gasteiger partial charge in [-0.1, -0.05) is 37.2 Å². The molecular formula is C14H14BrClN2O2S. The van der Waals surface area contributed by atoms with E-state index in [1.807, 2.05) is 16.7 Å². The van der Waals surface area contributed by atoms with E-state index in [4.69, 9.17) is 16.7 Å². The van der Waals surface area contributed by atoms with Crippen LogP contribution < -0.4 is 0 Å². The summed E-state index contributed by atoms with van der Waals surface area (Å²) in [7, 11) is 0. The lowest BCUT2D eigenvalue weighted by molar-refractivity contribution is -0.133. The van der Waals surface area contributed by atoms with Gasteiger partial charge in [0.15, 0.2) is 5.16 Å². The maximum absolute atomic E-state index is 10.8. The molecule has 0 saturated heterocycles. The van der Waals surface area contributed by atoms with E-state index in [-0.39, 0.29) is 11.7 Å². The minimum Gasteiger partial charge on any atom is -0.481 e. The largest absolute Gasteiger partial charge is 0.481 e. The van der Waals surface area contributed by atoms with Gasteiger partial charge in [0.25, 0.3) is 0 Å². The summed E-state index contributed by atoms with van der Waals surface area (Å²) in [5, 5.41) is 10.2. The average Bonchev–Trinajstić information content (AvgIpc) is 2.80. The number of halogens is 2. The topological polar surface area (TPSA) is 55.1 Å². The van der Waals surface area contributed by atoms with Crippen molar-refractivity contribution in [2.75, 3.05) is 5.75 Å². The molecule has 0 atom stereocenters. The van der Waals surface area contributed by atoms with Crippen LogP contribution in [-0.4, -0.2) is 26.4 Å². The molecule has 1 aromatic heterocycles. The van der Waals surface area contributed by atoms with Crippen LogP contribution in [0.3, 0.4) is 0 Å². The summed E-state index contributed by atoms with van der Waals surface area (Å²) in [5.74, 6) is -0.630. The molecule has 1 N–H and O–H groups in total. The monoisotopic (exact) mass is 388 g/mol. The second-order valence-corrected chi connectivity index (χ2v) is 6.97. The van der Waals surface area contributed by atoms with Crippen molar-refractivity contribution in [3.8, 4) is 5.69 Å². The van der Waals surface area contributed by atoms with Crippen LogP contribution >= 0.6 is 39.3 Å². The molecule has 0 fully saturated rings. The van der Waals surface area contributed by atoms with E-state index < -0.39 is 5.97 Å².